The third-order valence-electron chi connectivity index (χ3n) is 6.10. The molecule has 0 unspecified atom stereocenters. The second-order valence-corrected chi connectivity index (χ2v) is 8.39. The Kier molecular flexibility index (Phi) is 4.99. The van der Waals surface area contributed by atoms with Gasteiger partial charge < -0.3 is 19.6 Å². The quantitative estimate of drug-likeness (QED) is 0.355. The van der Waals surface area contributed by atoms with Crippen LogP contribution in [0.25, 0.3) is 22.2 Å². The fourth-order valence-corrected chi connectivity index (χ4v) is 4.48. The van der Waals surface area contributed by atoms with Gasteiger partial charge in [0, 0.05) is 28.6 Å². The summed E-state index contributed by atoms with van der Waals surface area (Å²) in [6.45, 7) is 0.503. The molecule has 1 aliphatic heterocycles. The molecule has 1 aliphatic rings. The highest BCUT2D eigenvalue weighted by atomic mass is 19.1. The zero-order chi connectivity index (χ0) is 23.9. The maximum atomic E-state index is 13.4. The zero-order valence-electron chi connectivity index (χ0n) is 18.5. The molecule has 0 saturated heterocycles. The van der Waals surface area contributed by atoms with Crippen molar-refractivity contribution < 1.29 is 23.8 Å². The largest absolute Gasteiger partial charge is 0.476 e. The van der Waals surface area contributed by atoms with Crippen LogP contribution in [0.1, 0.15) is 27.3 Å². The Morgan fingerprint density at radius 1 is 1.00 bits per heavy atom. The number of aromatic carboxylic acids is 1. The van der Waals surface area contributed by atoms with Crippen LogP contribution in [0.5, 0.6) is 11.5 Å². The highest BCUT2D eigenvalue weighted by Crippen LogP contribution is 2.37. The van der Waals surface area contributed by atoms with E-state index in [1.807, 2.05) is 42.5 Å². The van der Waals surface area contributed by atoms with Crippen molar-refractivity contribution in [3.05, 3.63) is 101 Å². The number of fused-ring (bicyclic) bond motifs is 2. The van der Waals surface area contributed by atoms with Crippen molar-refractivity contribution in [2.75, 3.05) is 6.79 Å². The van der Waals surface area contributed by atoms with Crippen molar-refractivity contribution in [1.29, 1.82) is 0 Å². The Balaban J connectivity index is 1.48. The standard InChI is InChI=1S/C27H20FN3O4/c28-18-8-5-16(6-9-18)14-31-23(13-22(30-31)27(32)33)26-19-3-1-2-4-20(19)29-21(26)11-17-7-10-24-25(12-17)35-15-34-24/h1-10,12-13,29H,11,14-15H2,(H,32,33). The smallest absolute Gasteiger partial charge is 0.356 e. The maximum Gasteiger partial charge on any atom is 0.356 e. The lowest BCUT2D eigenvalue weighted by Gasteiger charge is -2.10. The number of nitrogens with zero attached hydrogens (tertiary/aromatic N) is 2. The molecule has 0 fully saturated rings. The van der Waals surface area contributed by atoms with Gasteiger partial charge >= 0.3 is 5.97 Å². The molecule has 5 aromatic rings. The second-order valence-electron chi connectivity index (χ2n) is 8.39. The lowest BCUT2D eigenvalue weighted by atomic mass is 10.0. The number of aromatic nitrogens is 3. The molecule has 3 heterocycles. The third-order valence-corrected chi connectivity index (χ3v) is 6.10. The number of carboxylic acids is 1. The van der Waals surface area contributed by atoms with E-state index in [1.54, 1.807) is 22.9 Å². The number of aromatic amines is 1. The third kappa shape index (κ3) is 3.89. The molecular formula is C27H20FN3O4. The van der Waals surface area contributed by atoms with E-state index < -0.39 is 5.97 Å². The molecule has 0 atom stereocenters. The molecule has 7 nitrogen and oxygen atoms in total. The van der Waals surface area contributed by atoms with Gasteiger partial charge in [-0.05, 0) is 47.5 Å². The van der Waals surface area contributed by atoms with E-state index in [4.69, 9.17) is 9.47 Å². The molecule has 35 heavy (non-hydrogen) atoms. The van der Waals surface area contributed by atoms with E-state index in [1.165, 1.54) is 12.1 Å². The molecule has 6 rings (SSSR count). The van der Waals surface area contributed by atoms with Gasteiger partial charge in [0.15, 0.2) is 17.2 Å². The average Bonchev–Trinajstić information content (AvgIpc) is 3.57. The van der Waals surface area contributed by atoms with Crippen molar-refractivity contribution in [3.63, 3.8) is 0 Å². The molecule has 3 aromatic carbocycles. The summed E-state index contributed by atoms with van der Waals surface area (Å²) in [5.41, 5.74) is 5.17. The lowest BCUT2D eigenvalue weighted by Crippen LogP contribution is -2.06. The predicted octanol–water partition coefficient (Wildman–Crippen LogP) is 5.24. The minimum absolute atomic E-state index is 0.0542. The van der Waals surface area contributed by atoms with Gasteiger partial charge in [0.05, 0.1) is 12.2 Å². The summed E-state index contributed by atoms with van der Waals surface area (Å²) >= 11 is 0. The number of hydrogen-bond acceptors (Lipinski definition) is 4. The Hall–Kier alpha value is -4.59. The number of carboxylic acid groups (broad SMARTS) is 1. The topological polar surface area (TPSA) is 89.4 Å². The first kappa shape index (κ1) is 21.0. The number of H-pyrrole nitrogens is 1. The first-order valence-corrected chi connectivity index (χ1v) is 11.1. The molecule has 0 radical (unpaired) electrons. The minimum Gasteiger partial charge on any atom is -0.476 e. The fraction of sp³-hybridized carbons (Fsp3) is 0.111. The van der Waals surface area contributed by atoms with Crippen molar-refractivity contribution in [1.82, 2.24) is 14.8 Å². The van der Waals surface area contributed by atoms with Crippen molar-refractivity contribution in [3.8, 4) is 22.8 Å². The number of para-hydroxylation sites is 1. The molecule has 2 aromatic heterocycles. The van der Waals surface area contributed by atoms with Crippen LogP contribution in [-0.2, 0) is 13.0 Å². The van der Waals surface area contributed by atoms with Gasteiger partial charge in [-0.1, -0.05) is 36.4 Å². The first-order valence-electron chi connectivity index (χ1n) is 11.1. The highest BCUT2D eigenvalue weighted by Gasteiger charge is 2.22. The van der Waals surface area contributed by atoms with Crippen LogP contribution in [0.15, 0.2) is 72.8 Å². The number of rotatable bonds is 6. The summed E-state index contributed by atoms with van der Waals surface area (Å²) in [6.07, 6.45) is 0.560. The molecule has 0 bridgehead atoms. The molecule has 174 valence electrons. The molecule has 0 aliphatic carbocycles. The monoisotopic (exact) mass is 469 g/mol. The van der Waals surface area contributed by atoms with E-state index in [9.17, 15) is 14.3 Å². The molecule has 8 heteroatoms. The summed E-state index contributed by atoms with van der Waals surface area (Å²) in [4.78, 5) is 15.3. The Morgan fingerprint density at radius 2 is 1.77 bits per heavy atom. The minimum atomic E-state index is -1.11. The summed E-state index contributed by atoms with van der Waals surface area (Å²) in [7, 11) is 0. The van der Waals surface area contributed by atoms with Crippen LogP contribution in [0, 0.1) is 5.82 Å². The molecule has 2 N–H and O–H groups in total. The van der Waals surface area contributed by atoms with E-state index >= 15 is 0 Å². The lowest BCUT2D eigenvalue weighted by molar-refractivity contribution is 0.0689. The van der Waals surface area contributed by atoms with E-state index in [2.05, 4.69) is 10.1 Å². The number of carbonyl (C=O) groups is 1. The van der Waals surface area contributed by atoms with Crippen molar-refractivity contribution in [2.45, 2.75) is 13.0 Å². The number of halogens is 1. The van der Waals surface area contributed by atoms with Crippen LogP contribution in [0.2, 0.25) is 0 Å². The van der Waals surface area contributed by atoms with E-state index in [0.717, 1.165) is 33.3 Å². The normalized spacial score (nSPS) is 12.4. The van der Waals surface area contributed by atoms with Crippen LogP contribution in [0.4, 0.5) is 4.39 Å². The van der Waals surface area contributed by atoms with Gasteiger partial charge in [-0.15, -0.1) is 0 Å². The highest BCUT2D eigenvalue weighted by molar-refractivity contribution is 5.98. The van der Waals surface area contributed by atoms with Gasteiger partial charge in [-0.3, -0.25) is 4.68 Å². The van der Waals surface area contributed by atoms with Crippen molar-refractivity contribution in [2.24, 2.45) is 0 Å². The maximum absolute atomic E-state index is 13.4. The van der Waals surface area contributed by atoms with E-state index in [0.29, 0.717) is 30.2 Å². The van der Waals surface area contributed by atoms with E-state index in [-0.39, 0.29) is 18.3 Å². The Labute approximate surface area is 199 Å². The van der Waals surface area contributed by atoms with Crippen LogP contribution < -0.4 is 9.47 Å². The number of ether oxygens (including phenoxy) is 2. The molecule has 0 amide bonds. The average molecular weight is 469 g/mol. The molecular weight excluding hydrogens is 449 g/mol. The molecule has 0 spiro atoms. The van der Waals surface area contributed by atoms with Gasteiger partial charge in [0.1, 0.15) is 5.82 Å². The molecule has 0 saturated carbocycles. The van der Waals surface area contributed by atoms with Crippen molar-refractivity contribution >= 4 is 16.9 Å². The predicted molar refractivity (Wildman–Crippen MR) is 127 cm³/mol. The van der Waals surface area contributed by atoms with Gasteiger partial charge in [-0.2, -0.15) is 5.10 Å². The van der Waals surface area contributed by atoms with Crippen LogP contribution >= 0.6 is 0 Å². The summed E-state index contributed by atoms with van der Waals surface area (Å²) in [5.74, 6) is -0.0201. The second kappa shape index (κ2) is 8.32. The Morgan fingerprint density at radius 3 is 2.60 bits per heavy atom. The van der Waals surface area contributed by atoms with Gasteiger partial charge in [-0.25, -0.2) is 9.18 Å². The van der Waals surface area contributed by atoms with Crippen LogP contribution in [0.3, 0.4) is 0 Å². The van der Waals surface area contributed by atoms with Gasteiger partial charge in [0.25, 0.3) is 0 Å². The Bertz CT molecular complexity index is 1570. The number of hydrogen-bond donors (Lipinski definition) is 2. The van der Waals surface area contributed by atoms with Gasteiger partial charge in [0.2, 0.25) is 6.79 Å². The number of benzene rings is 3. The fourth-order valence-electron chi connectivity index (χ4n) is 4.48. The first-order chi connectivity index (χ1) is 17.0. The summed E-state index contributed by atoms with van der Waals surface area (Å²) in [6, 6.07) is 21.4. The number of nitrogens with one attached hydrogen (secondary N) is 1. The summed E-state index contributed by atoms with van der Waals surface area (Å²) < 4.78 is 26.1. The summed E-state index contributed by atoms with van der Waals surface area (Å²) in [5, 5.41) is 15.0. The van der Waals surface area contributed by atoms with Crippen LogP contribution in [-0.4, -0.2) is 32.6 Å². The SMILES string of the molecule is O=C(O)c1cc(-c2c(Cc3ccc4c(c3)OCO4)[nH]c3ccccc23)n(Cc2ccc(F)cc2)n1. The zero-order valence-corrected chi connectivity index (χ0v) is 18.5.